The first-order chi connectivity index (χ1) is 14.6. The van der Waals surface area contributed by atoms with Gasteiger partial charge in [0.15, 0.2) is 0 Å². The van der Waals surface area contributed by atoms with E-state index in [4.69, 9.17) is 10.1 Å². The van der Waals surface area contributed by atoms with Gasteiger partial charge in [-0.3, -0.25) is 4.79 Å². The van der Waals surface area contributed by atoms with Crippen LogP contribution in [0.2, 0.25) is 0 Å². The summed E-state index contributed by atoms with van der Waals surface area (Å²) in [4.78, 5) is 16.4. The Morgan fingerprint density at radius 1 is 1.17 bits per heavy atom. The van der Waals surface area contributed by atoms with Gasteiger partial charge in [0.05, 0.1) is 23.0 Å². The molecule has 1 amide bonds. The number of aryl methyl sites for hydroxylation is 2. The van der Waals surface area contributed by atoms with Gasteiger partial charge in [-0.25, -0.2) is 9.99 Å². The predicted molar refractivity (Wildman–Crippen MR) is 116 cm³/mol. The summed E-state index contributed by atoms with van der Waals surface area (Å²) in [5, 5.41) is 19.3. The number of carbonyl (C=O) groups excluding carboxylic acids is 1. The third-order valence-electron chi connectivity index (χ3n) is 6.65. The molecule has 3 aliphatic rings. The second kappa shape index (κ2) is 7.56. The summed E-state index contributed by atoms with van der Waals surface area (Å²) < 4.78 is 0. The number of hydrogen-bond donors (Lipinski definition) is 1. The van der Waals surface area contributed by atoms with Gasteiger partial charge in [0.1, 0.15) is 11.9 Å². The van der Waals surface area contributed by atoms with E-state index in [-0.39, 0.29) is 5.91 Å². The second-order valence-electron chi connectivity index (χ2n) is 8.54. The molecule has 1 fully saturated rings. The van der Waals surface area contributed by atoms with Gasteiger partial charge in [-0.15, -0.1) is 0 Å². The molecule has 6 nitrogen and oxygen atoms in total. The monoisotopic (exact) mass is 399 g/mol. The molecule has 6 heteroatoms. The summed E-state index contributed by atoms with van der Waals surface area (Å²) >= 11 is 0. The molecule has 2 aromatic rings. The first-order valence-corrected chi connectivity index (χ1v) is 10.8. The molecule has 0 saturated heterocycles. The predicted octanol–water partition coefficient (Wildman–Crippen LogP) is 4.32. The lowest BCUT2D eigenvalue weighted by atomic mass is 9.91. The minimum atomic E-state index is 0.0863. The third-order valence-corrected chi connectivity index (χ3v) is 6.65. The molecule has 3 heterocycles. The molecule has 30 heavy (non-hydrogen) atoms. The minimum absolute atomic E-state index is 0.0863. The molecular formula is C24H25N5O. The van der Waals surface area contributed by atoms with E-state index >= 15 is 0 Å². The van der Waals surface area contributed by atoms with Crippen molar-refractivity contribution < 1.29 is 4.79 Å². The first kappa shape index (κ1) is 18.8. The Balaban J connectivity index is 1.50. The van der Waals surface area contributed by atoms with Crippen molar-refractivity contribution in [1.29, 1.82) is 5.26 Å². The largest absolute Gasteiger partial charge is 0.326 e. The molecule has 1 aliphatic carbocycles. The Hall–Kier alpha value is -3.20. The Morgan fingerprint density at radius 2 is 2.00 bits per heavy atom. The average molecular weight is 399 g/mol. The molecule has 0 bridgehead atoms. The number of hydrogen-bond acceptors (Lipinski definition) is 5. The van der Waals surface area contributed by atoms with E-state index < -0.39 is 0 Å². The Kier molecular flexibility index (Phi) is 4.74. The second-order valence-corrected chi connectivity index (χ2v) is 8.54. The van der Waals surface area contributed by atoms with Crippen LogP contribution in [0.15, 0.2) is 35.4 Å². The summed E-state index contributed by atoms with van der Waals surface area (Å²) in [5.74, 6) is 1.52. The zero-order chi connectivity index (χ0) is 20.7. The Bertz CT molecular complexity index is 1080. The number of aromatic nitrogens is 1. The summed E-state index contributed by atoms with van der Waals surface area (Å²) in [5.41, 5.74) is 5.65. The lowest BCUT2D eigenvalue weighted by molar-refractivity contribution is -0.116. The lowest BCUT2D eigenvalue weighted by Crippen LogP contribution is -2.33. The molecule has 5 rings (SSSR count). The number of anilines is 2. The number of carbonyl (C=O) groups is 1. The number of fused-ring (bicyclic) bond motifs is 1. The first-order valence-electron chi connectivity index (χ1n) is 10.8. The van der Waals surface area contributed by atoms with Gasteiger partial charge in [0, 0.05) is 18.5 Å². The van der Waals surface area contributed by atoms with Crippen LogP contribution in [0.1, 0.15) is 60.9 Å². The topological polar surface area (TPSA) is 81.4 Å². The van der Waals surface area contributed by atoms with Gasteiger partial charge in [-0.2, -0.15) is 10.4 Å². The lowest BCUT2D eigenvalue weighted by Gasteiger charge is -2.27. The van der Waals surface area contributed by atoms with Crippen molar-refractivity contribution in [3.63, 3.8) is 0 Å². The van der Waals surface area contributed by atoms with Crippen molar-refractivity contribution >= 4 is 23.1 Å². The van der Waals surface area contributed by atoms with E-state index in [1.54, 1.807) is 0 Å². The van der Waals surface area contributed by atoms with Crippen LogP contribution in [-0.4, -0.2) is 22.6 Å². The minimum Gasteiger partial charge on any atom is -0.326 e. The summed E-state index contributed by atoms with van der Waals surface area (Å²) in [6.07, 6.45) is 7.23. The Labute approximate surface area is 176 Å². The van der Waals surface area contributed by atoms with E-state index in [1.807, 2.05) is 25.1 Å². The van der Waals surface area contributed by atoms with Gasteiger partial charge >= 0.3 is 0 Å². The van der Waals surface area contributed by atoms with Crippen LogP contribution < -0.4 is 10.3 Å². The normalized spacial score (nSPS) is 21.2. The molecule has 2 aliphatic heterocycles. The van der Waals surface area contributed by atoms with Gasteiger partial charge < -0.3 is 5.32 Å². The number of benzene rings is 1. The maximum absolute atomic E-state index is 11.7. The third kappa shape index (κ3) is 3.35. The Morgan fingerprint density at radius 3 is 2.77 bits per heavy atom. The number of nitrogens with one attached hydrogen (secondary N) is 1. The maximum Gasteiger partial charge on any atom is 0.224 e. The SMILES string of the molecule is Cc1nc(N2N=C(c3ccc4c(c3)CCC(=O)N4)C[C@@H]2C2CCCC2)ccc1C#N. The van der Waals surface area contributed by atoms with Crippen LogP contribution >= 0.6 is 0 Å². The van der Waals surface area contributed by atoms with Crippen LogP contribution in [0.3, 0.4) is 0 Å². The van der Waals surface area contributed by atoms with Gasteiger partial charge in [-0.1, -0.05) is 18.9 Å². The molecule has 1 N–H and O–H groups in total. The molecule has 0 spiro atoms. The van der Waals surface area contributed by atoms with Gasteiger partial charge in [0.2, 0.25) is 5.91 Å². The standard InChI is InChI=1S/C24H25N5O/c1-15-19(14-25)7-10-23(26-15)29-22(16-4-2-3-5-16)13-21(28-29)18-6-9-20-17(12-18)8-11-24(30)27-20/h6-7,9-10,12,16,22H,2-5,8,11,13H2,1H3,(H,27,30)/t22-/m1/s1. The fourth-order valence-electron chi connectivity index (χ4n) is 4.99. The van der Waals surface area contributed by atoms with E-state index in [0.717, 1.165) is 41.3 Å². The van der Waals surface area contributed by atoms with E-state index in [9.17, 15) is 10.1 Å². The zero-order valence-electron chi connectivity index (χ0n) is 17.2. The molecule has 1 atom stereocenters. The number of nitriles is 1. The van der Waals surface area contributed by atoms with Crippen LogP contribution in [0.4, 0.5) is 11.5 Å². The number of rotatable bonds is 3. The highest BCUT2D eigenvalue weighted by Crippen LogP contribution is 2.38. The van der Waals surface area contributed by atoms with Crippen molar-refractivity contribution in [3.05, 3.63) is 52.7 Å². The van der Waals surface area contributed by atoms with Crippen molar-refractivity contribution in [3.8, 4) is 6.07 Å². The van der Waals surface area contributed by atoms with Gasteiger partial charge in [0.25, 0.3) is 0 Å². The molecule has 1 aromatic carbocycles. The number of pyridine rings is 1. The van der Waals surface area contributed by atoms with E-state index in [2.05, 4.69) is 28.5 Å². The molecule has 152 valence electrons. The molecule has 1 saturated carbocycles. The molecular weight excluding hydrogens is 374 g/mol. The summed E-state index contributed by atoms with van der Waals surface area (Å²) in [6.45, 7) is 1.88. The van der Waals surface area contributed by atoms with Crippen molar-refractivity contribution in [2.24, 2.45) is 11.0 Å². The van der Waals surface area contributed by atoms with Gasteiger partial charge in [-0.05, 0) is 67.5 Å². The maximum atomic E-state index is 11.7. The quantitative estimate of drug-likeness (QED) is 0.833. The smallest absolute Gasteiger partial charge is 0.224 e. The highest BCUT2D eigenvalue weighted by molar-refractivity contribution is 6.04. The highest BCUT2D eigenvalue weighted by atomic mass is 16.1. The molecule has 0 unspecified atom stereocenters. The van der Waals surface area contributed by atoms with Crippen LogP contribution in [0, 0.1) is 24.2 Å². The van der Waals surface area contributed by atoms with Crippen molar-refractivity contribution in [2.75, 3.05) is 10.3 Å². The zero-order valence-corrected chi connectivity index (χ0v) is 17.2. The highest BCUT2D eigenvalue weighted by Gasteiger charge is 2.37. The summed E-state index contributed by atoms with van der Waals surface area (Å²) in [6, 6.07) is 12.5. The number of nitrogens with zero attached hydrogens (tertiary/aromatic N) is 4. The molecule has 0 radical (unpaired) electrons. The van der Waals surface area contributed by atoms with Crippen molar-refractivity contribution in [2.45, 2.75) is 57.9 Å². The van der Waals surface area contributed by atoms with Crippen molar-refractivity contribution in [1.82, 2.24) is 4.98 Å². The van der Waals surface area contributed by atoms with Crippen LogP contribution in [0.5, 0.6) is 0 Å². The number of hydrazone groups is 1. The fraction of sp³-hybridized carbons (Fsp3) is 0.417. The molecule has 1 aromatic heterocycles. The van der Waals surface area contributed by atoms with Crippen LogP contribution in [0.25, 0.3) is 0 Å². The van der Waals surface area contributed by atoms with E-state index in [0.29, 0.717) is 23.9 Å². The summed E-state index contributed by atoms with van der Waals surface area (Å²) in [7, 11) is 0. The average Bonchev–Trinajstić information content (AvgIpc) is 3.43. The number of amides is 1. The van der Waals surface area contributed by atoms with E-state index in [1.165, 1.54) is 31.2 Å². The fourth-order valence-corrected chi connectivity index (χ4v) is 4.99. The van der Waals surface area contributed by atoms with Crippen LogP contribution in [-0.2, 0) is 11.2 Å².